The molecule has 0 aliphatic heterocycles. The minimum atomic E-state index is -1.23. The molecule has 9 atom stereocenters. The van der Waals surface area contributed by atoms with Gasteiger partial charge in [0.1, 0.15) is 0 Å². The molecule has 53 heavy (non-hydrogen) atoms. The highest BCUT2D eigenvalue weighted by atomic mass is 31.2. The predicted octanol–water partition coefficient (Wildman–Crippen LogP) is 10.8. The summed E-state index contributed by atoms with van der Waals surface area (Å²) < 4.78 is 37.9. The molecule has 0 amide bonds. The van der Waals surface area contributed by atoms with Crippen LogP contribution in [0, 0.1) is 57.7 Å². The summed E-state index contributed by atoms with van der Waals surface area (Å²) >= 11 is 0. The number of hydrogen-bond donors (Lipinski definition) is 0. The SMILES string of the molecule is CC(C)CCC[C@@H](C)[C@H]1CC[C@H]2[C@@H]3CC=C4C[C@@H](OCCOCCOCCOCCOP(OCCC#N)N(C(C)C)C(C)C)CC[C@]4(C)[C@H]3CC[C@]12C. The fourth-order valence-corrected chi connectivity index (χ4v) is 12.7. The van der Waals surface area contributed by atoms with Gasteiger partial charge in [-0.3, -0.25) is 0 Å². The quantitative estimate of drug-likeness (QED) is 0.0517. The van der Waals surface area contributed by atoms with E-state index in [-0.39, 0.29) is 12.1 Å². The molecular formula is C44H79N2O6P. The molecule has 0 heterocycles. The second-order valence-electron chi connectivity index (χ2n) is 18.2. The highest BCUT2D eigenvalue weighted by Gasteiger charge is 2.59. The average molecular weight is 763 g/mol. The monoisotopic (exact) mass is 763 g/mol. The minimum Gasteiger partial charge on any atom is -0.377 e. The van der Waals surface area contributed by atoms with Gasteiger partial charge in [0.2, 0.25) is 0 Å². The van der Waals surface area contributed by atoms with Gasteiger partial charge in [0, 0.05) is 12.1 Å². The Morgan fingerprint density at radius 1 is 0.774 bits per heavy atom. The van der Waals surface area contributed by atoms with Crippen LogP contribution in [-0.4, -0.2) is 82.3 Å². The van der Waals surface area contributed by atoms with Crippen molar-refractivity contribution in [3.63, 3.8) is 0 Å². The van der Waals surface area contributed by atoms with Crippen LogP contribution in [0.4, 0.5) is 0 Å². The Morgan fingerprint density at radius 2 is 1.42 bits per heavy atom. The molecule has 3 saturated carbocycles. The van der Waals surface area contributed by atoms with Gasteiger partial charge >= 0.3 is 0 Å². The van der Waals surface area contributed by atoms with Crippen molar-refractivity contribution in [3.05, 3.63) is 11.6 Å². The topological polar surface area (TPSA) is 82.4 Å². The fourth-order valence-electron chi connectivity index (χ4n) is 11.1. The van der Waals surface area contributed by atoms with Crippen molar-refractivity contribution in [2.75, 3.05) is 59.5 Å². The summed E-state index contributed by atoms with van der Waals surface area (Å²) in [6.45, 7) is 25.9. The molecule has 8 nitrogen and oxygen atoms in total. The summed E-state index contributed by atoms with van der Waals surface area (Å²) in [5, 5.41) is 8.88. The molecule has 0 bridgehead atoms. The lowest BCUT2D eigenvalue weighted by Crippen LogP contribution is -2.51. The largest absolute Gasteiger partial charge is 0.377 e. The zero-order valence-corrected chi connectivity index (χ0v) is 36.3. The number of rotatable bonds is 25. The van der Waals surface area contributed by atoms with Crippen LogP contribution in [0.1, 0.15) is 139 Å². The Morgan fingerprint density at radius 3 is 2.06 bits per heavy atom. The van der Waals surface area contributed by atoms with Gasteiger partial charge in [-0.25, -0.2) is 4.67 Å². The first kappa shape index (κ1) is 45.1. The van der Waals surface area contributed by atoms with Crippen LogP contribution in [-0.2, 0) is 28.0 Å². The Labute approximate surface area is 326 Å². The molecule has 0 N–H and O–H groups in total. The van der Waals surface area contributed by atoms with Crippen LogP contribution in [0.15, 0.2) is 11.6 Å². The van der Waals surface area contributed by atoms with Crippen LogP contribution in [0.3, 0.4) is 0 Å². The Hall–Kier alpha value is -0.620. The van der Waals surface area contributed by atoms with E-state index in [9.17, 15) is 0 Å². The fraction of sp³-hybridized carbons (Fsp3) is 0.932. The molecular weight excluding hydrogens is 683 g/mol. The van der Waals surface area contributed by atoms with Gasteiger partial charge < -0.3 is 28.0 Å². The molecule has 1 unspecified atom stereocenters. The van der Waals surface area contributed by atoms with Crippen LogP contribution in [0.2, 0.25) is 0 Å². The van der Waals surface area contributed by atoms with Gasteiger partial charge in [0.25, 0.3) is 8.53 Å². The Kier molecular flexibility index (Phi) is 19.0. The van der Waals surface area contributed by atoms with E-state index in [4.69, 9.17) is 33.3 Å². The second kappa shape index (κ2) is 22.4. The van der Waals surface area contributed by atoms with E-state index in [2.05, 4.69) is 79.1 Å². The highest BCUT2D eigenvalue weighted by molar-refractivity contribution is 7.44. The maximum Gasteiger partial charge on any atom is 0.259 e. The molecule has 4 rings (SSSR count). The minimum absolute atomic E-state index is 0.282. The molecule has 0 aromatic rings. The van der Waals surface area contributed by atoms with E-state index < -0.39 is 8.53 Å². The van der Waals surface area contributed by atoms with Gasteiger partial charge in [-0.2, -0.15) is 5.26 Å². The smallest absolute Gasteiger partial charge is 0.259 e. The zero-order valence-electron chi connectivity index (χ0n) is 35.4. The summed E-state index contributed by atoms with van der Waals surface area (Å²) in [4.78, 5) is 0. The molecule has 0 spiro atoms. The molecule has 0 aromatic carbocycles. The third kappa shape index (κ3) is 12.4. The number of ether oxygens (including phenoxy) is 4. The molecule has 4 aliphatic carbocycles. The summed E-state index contributed by atoms with van der Waals surface area (Å²) in [5.74, 6) is 5.30. The normalized spacial score (nSPS) is 31.0. The predicted molar refractivity (Wildman–Crippen MR) is 216 cm³/mol. The van der Waals surface area contributed by atoms with Gasteiger partial charge in [-0.15, -0.1) is 0 Å². The summed E-state index contributed by atoms with van der Waals surface area (Å²) in [6.07, 6.45) is 18.3. The van der Waals surface area contributed by atoms with E-state index in [0.717, 1.165) is 41.9 Å². The van der Waals surface area contributed by atoms with Crippen molar-refractivity contribution in [1.82, 2.24) is 4.67 Å². The molecule has 4 aliphatic rings. The van der Waals surface area contributed by atoms with Crippen molar-refractivity contribution in [1.29, 1.82) is 5.26 Å². The molecule has 3 fully saturated rings. The Bertz CT molecular complexity index is 1120. The third-order valence-electron chi connectivity index (χ3n) is 13.7. The zero-order chi connectivity index (χ0) is 38.4. The lowest BCUT2D eigenvalue weighted by molar-refractivity contribution is -0.0691. The van der Waals surface area contributed by atoms with Crippen molar-refractivity contribution in [3.8, 4) is 6.07 Å². The molecule has 306 valence electrons. The second-order valence-corrected chi connectivity index (χ2v) is 19.7. The number of nitriles is 1. The molecule has 9 heteroatoms. The van der Waals surface area contributed by atoms with Crippen molar-refractivity contribution in [2.45, 2.75) is 158 Å². The van der Waals surface area contributed by atoms with Crippen molar-refractivity contribution < 1.29 is 28.0 Å². The summed E-state index contributed by atoms with van der Waals surface area (Å²) in [6, 6.07) is 2.70. The molecule has 0 radical (unpaired) electrons. The third-order valence-corrected chi connectivity index (χ3v) is 15.8. The van der Waals surface area contributed by atoms with Gasteiger partial charge in [-0.1, -0.05) is 65.5 Å². The van der Waals surface area contributed by atoms with E-state index in [1.54, 1.807) is 5.57 Å². The first-order valence-corrected chi connectivity index (χ1v) is 22.8. The van der Waals surface area contributed by atoms with Crippen LogP contribution < -0.4 is 0 Å². The highest BCUT2D eigenvalue weighted by Crippen LogP contribution is 2.67. The van der Waals surface area contributed by atoms with E-state index in [0.29, 0.717) is 82.8 Å². The van der Waals surface area contributed by atoms with E-state index >= 15 is 0 Å². The first-order chi connectivity index (χ1) is 25.4. The standard InChI is InChI=1S/C44H79N2O6P/c1-33(2)12-10-13-36(7)40-16-17-41-39-15-14-37-32-38(18-20-43(37,8)42(39)19-21-44(40,41)9)50-30-28-48-26-24-47-25-27-49-29-31-52-53(51-23-11-22-45)46(34(3)4)35(5)6/h14,33-36,38-42H,10-13,15-21,23-32H2,1-9H3/t36-,38+,39+,40-,41+,42+,43+,44-,53?/m1/s1. The van der Waals surface area contributed by atoms with Gasteiger partial charge in [0.15, 0.2) is 0 Å². The van der Waals surface area contributed by atoms with E-state index in [1.807, 2.05) is 0 Å². The van der Waals surface area contributed by atoms with Crippen LogP contribution >= 0.6 is 8.53 Å². The van der Waals surface area contributed by atoms with Gasteiger partial charge in [0.05, 0.1) is 78.1 Å². The van der Waals surface area contributed by atoms with Crippen molar-refractivity contribution >= 4 is 8.53 Å². The Balaban J connectivity index is 1.06. The molecule has 0 saturated heterocycles. The lowest BCUT2D eigenvalue weighted by Gasteiger charge is -2.58. The first-order valence-electron chi connectivity index (χ1n) is 21.7. The average Bonchev–Trinajstić information content (AvgIpc) is 3.47. The van der Waals surface area contributed by atoms with E-state index in [1.165, 1.54) is 64.2 Å². The lowest BCUT2D eigenvalue weighted by atomic mass is 9.47. The maximum absolute atomic E-state index is 8.88. The number of hydrogen-bond acceptors (Lipinski definition) is 8. The molecule has 0 aromatic heterocycles. The van der Waals surface area contributed by atoms with Gasteiger partial charge in [-0.05, 0) is 125 Å². The van der Waals surface area contributed by atoms with Crippen LogP contribution in [0.25, 0.3) is 0 Å². The summed E-state index contributed by atoms with van der Waals surface area (Å²) in [5.41, 5.74) is 2.63. The number of fused-ring (bicyclic) bond motifs is 5. The van der Waals surface area contributed by atoms with Crippen LogP contribution in [0.5, 0.6) is 0 Å². The number of nitrogens with zero attached hydrogens (tertiary/aromatic N) is 2. The number of allylic oxidation sites excluding steroid dienone is 1. The van der Waals surface area contributed by atoms with Crippen molar-refractivity contribution in [2.24, 2.45) is 46.3 Å². The summed E-state index contributed by atoms with van der Waals surface area (Å²) in [7, 11) is -1.23. The maximum atomic E-state index is 8.88.